The molecule has 0 saturated carbocycles. The second-order valence-electron chi connectivity index (χ2n) is 4.51. The molecular weight excluding hydrogens is 184 g/mol. The molecule has 0 heterocycles. The van der Waals surface area contributed by atoms with E-state index in [1.54, 1.807) is 0 Å². The predicted octanol–water partition coefficient (Wildman–Crippen LogP) is 5.05. The lowest BCUT2D eigenvalue weighted by molar-refractivity contribution is 0.591. The van der Waals surface area contributed by atoms with Gasteiger partial charge < -0.3 is 0 Å². The van der Waals surface area contributed by atoms with Gasteiger partial charge in [0, 0.05) is 8.80 Å². The summed E-state index contributed by atoms with van der Waals surface area (Å²) >= 11 is 0. The Kier molecular flexibility index (Phi) is 11.0. The van der Waals surface area contributed by atoms with Gasteiger partial charge in [-0.05, 0) is 12.8 Å². The molecule has 0 aliphatic heterocycles. The van der Waals surface area contributed by atoms with Crippen LogP contribution < -0.4 is 0 Å². The first kappa shape index (κ1) is 14.0. The maximum absolute atomic E-state index is 3.74. The first-order valence-corrected chi connectivity index (χ1v) is 8.88. The Balaban J connectivity index is 2.88. The molecule has 0 nitrogen and oxygen atoms in total. The van der Waals surface area contributed by atoms with Crippen LogP contribution in [0, 0.1) is 0 Å². The van der Waals surface area contributed by atoms with Crippen molar-refractivity contribution in [3.8, 4) is 0 Å². The maximum atomic E-state index is 3.74. The minimum absolute atomic E-state index is 0.0500. The van der Waals surface area contributed by atoms with Crippen LogP contribution in [0.2, 0.25) is 19.1 Å². The number of rotatable bonds is 10. The summed E-state index contributed by atoms with van der Waals surface area (Å²) in [6, 6.07) is 1.52. The SMILES string of the molecule is C=CCCCCCCCCC[Si](C)C. The van der Waals surface area contributed by atoms with E-state index in [1.807, 2.05) is 6.08 Å². The van der Waals surface area contributed by atoms with Crippen LogP contribution in [0.3, 0.4) is 0 Å². The smallest absolute Gasteiger partial charge is 0.0412 e. The summed E-state index contributed by atoms with van der Waals surface area (Å²) in [5, 5.41) is 0. The van der Waals surface area contributed by atoms with E-state index in [-0.39, 0.29) is 8.80 Å². The minimum atomic E-state index is 0.0500. The van der Waals surface area contributed by atoms with Crippen molar-refractivity contribution >= 4 is 8.80 Å². The van der Waals surface area contributed by atoms with Gasteiger partial charge in [0.05, 0.1) is 0 Å². The van der Waals surface area contributed by atoms with Crippen LogP contribution in [-0.2, 0) is 0 Å². The van der Waals surface area contributed by atoms with E-state index in [1.165, 1.54) is 57.4 Å². The van der Waals surface area contributed by atoms with Crippen molar-refractivity contribution in [2.24, 2.45) is 0 Å². The molecule has 83 valence electrons. The zero-order valence-corrected chi connectivity index (χ0v) is 11.1. The molecule has 0 spiro atoms. The van der Waals surface area contributed by atoms with Gasteiger partial charge in [-0.2, -0.15) is 0 Å². The van der Waals surface area contributed by atoms with Crippen LogP contribution in [0.15, 0.2) is 12.7 Å². The summed E-state index contributed by atoms with van der Waals surface area (Å²) in [7, 11) is 0.0500. The van der Waals surface area contributed by atoms with E-state index < -0.39 is 0 Å². The molecule has 0 N–H and O–H groups in total. The van der Waals surface area contributed by atoms with Crippen LogP contribution in [0.4, 0.5) is 0 Å². The molecule has 0 atom stereocenters. The van der Waals surface area contributed by atoms with Crippen molar-refractivity contribution < 1.29 is 0 Å². The summed E-state index contributed by atoms with van der Waals surface area (Å²) in [6.07, 6.45) is 13.3. The maximum Gasteiger partial charge on any atom is 0.0412 e. The summed E-state index contributed by atoms with van der Waals surface area (Å²) < 4.78 is 0. The normalized spacial score (nSPS) is 10.8. The first-order valence-electron chi connectivity index (χ1n) is 6.17. The fourth-order valence-electron chi connectivity index (χ4n) is 1.65. The monoisotopic (exact) mass is 211 g/mol. The van der Waals surface area contributed by atoms with Gasteiger partial charge in [-0.15, -0.1) is 6.58 Å². The standard InChI is InChI=1S/C13H27Si/c1-4-5-6-7-8-9-10-11-12-13-14(2)3/h4H,1,5-13H2,2-3H3. The molecule has 0 unspecified atom stereocenters. The molecule has 1 radical (unpaired) electrons. The summed E-state index contributed by atoms with van der Waals surface area (Å²) in [4.78, 5) is 0. The van der Waals surface area contributed by atoms with Crippen LogP contribution in [0.25, 0.3) is 0 Å². The molecule has 0 amide bonds. The Hall–Kier alpha value is -0.0431. The van der Waals surface area contributed by atoms with E-state index in [9.17, 15) is 0 Å². The molecule has 0 rings (SSSR count). The van der Waals surface area contributed by atoms with Crippen LogP contribution in [0.1, 0.15) is 51.4 Å². The molecule has 14 heavy (non-hydrogen) atoms. The summed E-state index contributed by atoms with van der Waals surface area (Å²) in [6.45, 7) is 8.57. The van der Waals surface area contributed by atoms with Crippen LogP contribution in [0.5, 0.6) is 0 Å². The third kappa shape index (κ3) is 12.0. The lowest BCUT2D eigenvalue weighted by atomic mass is 10.1. The van der Waals surface area contributed by atoms with E-state index in [0.29, 0.717) is 0 Å². The lowest BCUT2D eigenvalue weighted by Gasteiger charge is -2.03. The quantitative estimate of drug-likeness (QED) is 0.269. The Bertz CT molecular complexity index is 118. The highest BCUT2D eigenvalue weighted by Crippen LogP contribution is 2.10. The van der Waals surface area contributed by atoms with E-state index >= 15 is 0 Å². The van der Waals surface area contributed by atoms with Crippen molar-refractivity contribution in [3.63, 3.8) is 0 Å². The second-order valence-corrected chi connectivity index (χ2v) is 7.42. The fourth-order valence-corrected chi connectivity index (χ4v) is 2.61. The first-order chi connectivity index (χ1) is 6.77. The molecule has 0 saturated heterocycles. The number of hydrogen-bond donors (Lipinski definition) is 0. The van der Waals surface area contributed by atoms with Crippen molar-refractivity contribution in [2.45, 2.75) is 70.5 Å². The fraction of sp³-hybridized carbons (Fsp3) is 0.846. The van der Waals surface area contributed by atoms with Gasteiger partial charge in [0.25, 0.3) is 0 Å². The average molecular weight is 211 g/mol. The van der Waals surface area contributed by atoms with Crippen molar-refractivity contribution in [2.75, 3.05) is 0 Å². The molecule has 0 aliphatic rings. The van der Waals surface area contributed by atoms with E-state index in [0.717, 1.165) is 0 Å². The lowest BCUT2D eigenvalue weighted by Crippen LogP contribution is -1.97. The Morgan fingerprint density at radius 1 is 0.857 bits per heavy atom. The van der Waals surface area contributed by atoms with E-state index in [4.69, 9.17) is 0 Å². The van der Waals surface area contributed by atoms with Crippen molar-refractivity contribution in [1.82, 2.24) is 0 Å². The second kappa shape index (κ2) is 11.0. The average Bonchev–Trinajstić information content (AvgIpc) is 2.15. The van der Waals surface area contributed by atoms with Crippen LogP contribution >= 0.6 is 0 Å². The topological polar surface area (TPSA) is 0 Å². The molecule has 0 bridgehead atoms. The summed E-state index contributed by atoms with van der Waals surface area (Å²) in [5.41, 5.74) is 0. The van der Waals surface area contributed by atoms with Gasteiger partial charge >= 0.3 is 0 Å². The van der Waals surface area contributed by atoms with Crippen LogP contribution in [-0.4, -0.2) is 8.80 Å². The number of unbranched alkanes of at least 4 members (excludes halogenated alkanes) is 7. The molecule has 0 aromatic carbocycles. The Labute approximate surface area is 92.4 Å². The molecule has 0 aliphatic carbocycles. The zero-order valence-electron chi connectivity index (χ0n) is 10.1. The van der Waals surface area contributed by atoms with Gasteiger partial charge in [-0.1, -0.05) is 63.7 Å². The molecule has 1 heteroatoms. The summed E-state index contributed by atoms with van der Waals surface area (Å²) in [5.74, 6) is 0. The number of allylic oxidation sites excluding steroid dienone is 1. The third-order valence-electron chi connectivity index (χ3n) is 2.59. The van der Waals surface area contributed by atoms with Gasteiger partial charge in [0.2, 0.25) is 0 Å². The highest BCUT2D eigenvalue weighted by molar-refractivity contribution is 6.55. The van der Waals surface area contributed by atoms with E-state index in [2.05, 4.69) is 19.7 Å². The van der Waals surface area contributed by atoms with Gasteiger partial charge in [-0.25, -0.2) is 0 Å². The number of hydrogen-bond acceptors (Lipinski definition) is 0. The van der Waals surface area contributed by atoms with Gasteiger partial charge in [-0.3, -0.25) is 0 Å². The van der Waals surface area contributed by atoms with Crippen molar-refractivity contribution in [1.29, 1.82) is 0 Å². The Morgan fingerprint density at radius 2 is 1.36 bits per heavy atom. The molecule has 0 fully saturated rings. The molecule has 0 aromatic rings. The van der Waals surface area contributed by atoms with Gasteiger partial charge in [0.1, 0.15) is 0 Å². The predicted molar refractivity (Wildman–Crippen MR) is 69.4 cm³/mol. The third-order valence-corrected chi connectivity index (χ3v) is 3.94. The highest BCUT2D eigenvalue weighted by atomic mass is 28.3. The largest absolute Gasteiger partial charge is 0.103 e. The minimum Gasteiger partial charge on any atom is -0.103 e. The van der Waals surface area contributed by atoms with Gasteiger partial charge in [0.15, 0.2) is 0 Å². The highest BCUT2D eigenvalue weighted by Gasteiger charge is 1.95. The van der Waals surface area contributed by atoms with Crippen molar-refractivity contribution in [3.05, 3.63) is 12.7 Å². The Morgan fingerprint density at radius 3 is 1.86 bits per heavy atom. The zero-order chi connectivity index (χ0) is 10.6. The molecular formula is C13H27Si. The molecule has 0 aromatic heterocycles.